The number of Topliss-reactive ketones (excluding diaryl/α,β-unsaturated/α-hetero) is 1. The van der Waals surface area contributed by atoms with Gasteiger partial charge in [-0.1, -0.05) is 0 Å². The molecule has 17 heavy (non-hydrogen) atoms. The fourth-order valence-corrected chi connectivity index (χ4v) is 1.99. The zero-order valence-electron chi connectivity index (χ0n) is 9.39. The Hall–Kier alpha value is -1.55. The average Bonchev–Trinajstić information content (AvgIpc) is 3.21. The molecule has 0 saturated heterocycles. The van der Waals surface area contributed by atoms with Crippen molar-refractivity contribution in [1.82, 2.24) is 0 Å². The van der Waals surface area contributed by atoms with Crippen LogP contribution in [0.2, 0.25) is 0 Å². The molecule has 4 heteroatoms. The van der Waals surface area contributed by atoms with E-state index in [0.29, 0.717) is 30.3 Å². The van der Waals surface area contributed by atoms with Crippen molar-refractivity contribution < 1.29 is 19.4 Å². The molecule has 1 N–H and O–H groups in total. The Morgan fingerprint density at radius 3 is 2.65 bits per heavy atom. The summed E-state index contributed by atoms with van der Waals surface area (Å²) in [6.45, 7) is 1.03. The van der Waals surface area contributed by atoms with Crippen LogP contribution in [0.1, 0.15) is 23.2 Å². The minimum Gasteiger partial charge on any atom is -0.486 e. The molecule has 3 rings (SSSR count). The van der Waals surface area contributed by atoms with Gasteiger partial charge in [-0.3, -0.25) is 4.79 Å². The molecule has 0 bridgehead atoms. The molecule has 2 aliphatic rings. The Bertz CT molecular complexity index is 451. The van der Waals surface area contributed by atoms with E-state index in [4.69, 9.17) is 9.47 Å². The van der Waals surface area contributed by atoms with Gasteiger partial charge in [0.15, 0.2) is 17.3 Å². The number of aliphatic hydroxyl groups is 1. The standard InChI is InChI=1S/C13H14O4/c14-12(8-1-2-8)13(15)9-3-4-10-11(7-9)17-6-5-16-10/h3-4,7-8,12,14H,1-2,5-6H2. The molecular weight excluding hydrogens is 220 g/mol. The van der Waals surface area contributed by atoms with Crippen LogP contribution in [0.3, 0.4) is 0 Å². The lowest BCUT2D eigenvalue weighted by Crippen LogP contribution is -2.23. The first-order chi connectivity index (χ1) is 8.25. The summed E-state index contributed by atoms with van der Waals surface area (Å²) in [6, 6.07) is 5.06. The Labute approximate surface area is 99.2 Å². The molecule has 1 fully saturated rings. The highest BCUT2D eigenvalue weighted by molar-refractivity contribution is 6.00. The highest BCUT2D eigenvalue weighted by atomic mass is 16.6. The number of ketones is 1. The number of aliphatic hydroxyl groups excluding tert-OH is 1. The predicted molar refractivity (Wildman–Crippen MR) is 60.5 cm³/mol. The molecule has 0 radical (unpaired) electrons. The van der Waals surface area contributed by atoms with Crippen molar-refractivity contribution in [2.45, 2.75) is 18.9 Å². The van der Waals surface area contributed by atoms with Gasteiger partial charge in [0, 0.05) is 5.56 Å². The Morgan fingerprint density at radius 1 is 1.24 bits per heavy atom. The van der Waals surface area contributed by atoms with E-state index in [1.165, 1.54) is 0 Å². The second-order valence-electron chi connectivity index (χ2n) is 4.50. The Morgan fingerprint density at radius 2 is 1.94 bits per heavy atom. The second-order valence-corrected chi connectivity index (χ2v) is 4.50. The normalized spacial score (nSPS) is 19.8. The number of rotatable bonds is 3. The van der Waals surface area contributed by atoms with E-state index < -0.39 is 6.10 Å². The van der Waals surface area contributed by atoms with Gasteiger partial charge >= 0.3 is 0 Å². The van der Waals surface area contributed by atoms with Crippen LogP contribution in [0.4, 0.5) is 0 Å². The van der Waals surface area contributed by atoms with Crippen LogP contribution >= 0.6 is 0 Å². The zero-order chi connectivity index (χ0) is 11.8. The molecule has 0 spiro atoms. The molecule has 0 aromatic heterocycles. The molecule has 1 aliphatic heterocycles. The van der Waals surface area contributed by atoms with E-state index in [1.54, 1.807) is 18.2 Å². The van der Waals surface area contributed by atoms with Crippen LogP contribution in [0, 0.1) is 5.92 Å². The van der Waals surface area contributed by atoms with E-state index >= 15 is 0 Å². The van der Waals surface area contributed by atoms with Crippen LogP contribution in [0.5, 0.6) is 11.5 Å². The third-order valence-electron chi connectivity index (χ3n) is 3.16. The summed E-state index contributed by atoms with van der Waals surface area (Å²) in [5.41, 5.74) is 0.494. The van der Waals surface area contributed by atoms with E-state index in [1.807, 2.05) is 0 Å². The topological polar surface area (TPSA) is 55.8 Å². The summed E-state index contributed by atoms with van der Waals surface area (Å²) in [6.07, 6.45) is 1.02. The molecule has 1 aromatic rings. The van der Waals surface area contributed by atoms with Gasteiger partial charge in [0.1, 0.15) is 19.3 Å². The maximum atomic E-state index is 12.0. The number of ether oxygens (including phenoxy) is 2. The van der Waals surface area contributed by atoms with Gasteiger partial charge in [-0.15, -0.1) is 0 Å². The SMILES string of the molecule is O=C(c1ccc2c(c1)OCCO2)C(O)C1CC1. The molecule has 1 aliphatic carbocycles. The smallest absolute Gasteiger partial charge is 0.191 e. The van der Waals surface area contributed by atoms with Crippen LogP contribution in [-0.2, 0) is 0 Å². The average molecular weight is 234 g/mol. The van der Waals surface area contributed by atoms with Crippen LogP contribution in [-0.4, -0.2) is 30.2 Å². The highest BCUT2D eigenvalue weighted by Gasteiger charge is 2.35. The number of carbonyl (C=O) groups excluding carboxylic acids is 1. The first-order valence-corrected chi connectivity index (χ1v) is 5.87. The van der Waals surface area contributed by atoms with Crippen molar-refractivity contribution in [2.24, 2.45) is 5.92 Å². The number of hydrogen-bond donors (Lipinski definition) is 1. The monoisotopic (exact) mass is 234 g/mol. The van der Waals surface area contributed by atoms with E-state index in [2.05, 4.69) is 0 Å². The molecule has 1 atom stereocenters. The second kappa shape index (κ2) is 4.04. The number of fused-ring (bicyclic) bond motifs is 1. The Balaban J connectivity index is 1.85. The summed E-state index contributed by atoms with van der Waals surface area (Å²) >= 11 is 0. The first kappa shape index (κ1) is 10.6. The molecule has 1 heterocycles. The highest BCUT2D eigenvalue weighted by Crippen LogP contribution is 2.36. The summed E-state index contributed by atoms with van der Waals surface area (Å²) in [5.74, 6) is 1.18. The molecule has 1 saturated carbocycles. The van der Waals surface area contributed by atoms with Gasteiger partial charge in [0.05, 0.1) is 0 Å². The zero-order valence-corrected chi connectivity index (χ0v) is 9.39. The van der Waals surface area contributed by atoms with Gasteiger partial charge in [0.25, 0.3) is 0 Å². The van der Waals surface area contributed by atoms with Crippen LogP contribution < -0.4 is 9.47 Å². The lowest BCUT2D eigenvalue weighted by atomic mass is 10.0. The number of benzene rings is 1. The molecule has 0 amide bonds. The predicted octanol–water partition coefficient (Wildman–Crippen LogP) is 1.41. The molecule has 4 nitrogen and oxygen atoms in total. The van der Waals surface area contributed by atoms with Gasteiger partial charge in [-0.05, 0) is 37.0 Å². The van der Waals surface area contributed by atoms with Crippen molar-refractivity contribution in [3.63, 3.8) is 0 Å². The van der Waals surface area contributed by atoms with E-state index in [0.717, 1.165) is 12.8 Å². The lowest BCUT2D eigenvalue weighted by Gasteiger charge is -2.19. The fraction of sp³-hybridized carbons (Fsp3) is 0.462. The molecule has 1 aromatic carbocycles. The fourth-order valence-electron chi connectivity index (χ4n) is 1.99. The first-order valence-electron chi connectivity index (χ1n) is 5.87. The Kier molecular flexibility index (Phi) is 2.52. The van der Waals surface area contributed by atoms with Crippen molar-refractivity contribution in [1.29, 1.82) is 0 Å². The number of carbonyl (C=O) groups is 1. The molecule has 1 unspecified atom stereocenters. The van der Waals surface area contributed by atoms with Crippen molar-refractivity contribution in [3.05, 3.63) is 23.8 Å². The van der Waals surface area contributed by atoms with Crippen molar-refractivity contribution >= 4 is 5.78 Å². The van der Waals surface area contributed by atoms with Crippen molar-refractivity contribution in [2.75, 3.05) is 13.2 Å². The summed E-state index contributed by atoms with van der Waals surface area (Å²) in [4.78, 5) is 12.0. The third-order valence-corrected chi connectivity index (χ3v) is 3.16. The van der Waals surface area contributed by atoms with E-state index in [9.17, 15) is 9.90 Å². The maximum Gasteiger partial charge on any atom is 0.191 e. The largest absolute Gasteiger partial charge is 0.486 e. The number of hydrogen-bond acceptors (Lipinski definition) is 4. The van der Waals surface area contributed by atoms with Gasteiger partial charge in [-0.2, -0.15) is 0 Å². The quantitative estimate of drug-likeness (QED) is 0.803. The molecular formula is C13H14O4. The maximum absolute atomic E-state index is 12.0. The summed E-state index contributed by atoms with van der Waals surface area (Å²) < 4.78 is 10.8. The minimum absolute atomic E-state index is 0.149. The van der Waals surface area contributed by atoms with Gasteiger partial charge < -0.3 is 14.6 Å². The minimum atomic E-state index is -0.863. The van der Waals surface area contributed by atoms with Gasteiger partial charge in [0.2, 0.25) is 0 Å². The molecule has 90 valence electrons. The summed E-state index contributed by atoms with van der Waals surface area (Å²) in [5, 5.41) is 9.79. The van der Waals surface area contributed by atoms with Crippen LogP contribution in [0.15, 0.2) is 18.2 Å². The van der Waals surface area contributed by atoms with Crippen LogP contribution in [0.25, 0.3) is 0 Å². The lowest BCUT2D eigenvalue weighted by molar-refractivity contribution is 0.0703. The van der Waals surface area contributed by atoms with E-state index in [-0.39, 0.29) is 11.7 Å². The third kappa shape index (κ3) is 2.00. The van der Waals surface area contributed by atoms with Gasteiger partial charge in [-0.25, -0.2) is 0 Å². The summed E-state index contributed by atoms with van der Waals surface area (Å²) in [7, 11) is 0. The van der Waals surface area contributed by atoms with Crippen molar-refractivity contribution in [3.8, 4) is 11.5 Å².